The summed E-state index contributed by atoms with van der Waals surface area (Å²) in [6, 6.07) is 3.02. The van der Waals surface area contributed by atoms with E-state index >= 15 is 0 Å². The van der Waals surface area contributed by atoms with Gasteiger partial charge in [0.2, 0.25) is 0 Å². The summed E-state index contributed by atoms with van der Waals surface area (Å²) in [4.78, 5) is 22.5. The highest BCUT2D eigenvalue weighted by Crippen LogP contribution is 2.12. The molecule has 4 heteroatoms. The zero-order chi connectivity index (χ0) is 14.1. The van der Waals surface area contributed by atoms with Crippen LogP contribution in [0.3, 0.4) is 0 Å². The van der Waals surface area contributed by atoms with Crippen LogP contribution in [0, 0.1) is 0 Å². The minimum Gasteiger partial charge on any atom is -0.463 e. The largest absolute Gasteiger partial charge is 0.463 e. The highest BCUT2D eigenvalue weighted by molar-refractivity contribution is 5.87. The zero-order valence-electron chi connectivity index (χ0n) is 11.5. The third-order valence-corrected chi connectivity index (χ3v) is 2.64. The maximum Gasteiger partial charge on any atom is 0.335 e. The van der Waals surface area contributed by atoms with Crippen LogP contribution in [-0.4, -0.2) is 12.6 Å². The maximum absolute atomic E-state index is 11.3. The van der Waals surface area contributed by atoms with E-state index in [4.69, 9.17) is 9.15 Å². The van der Waals surface area contributed by atoms with E-state index < -0.39 is 5.97 Å². The van der Waals surface area contributed by atoms with E-state index in [1.54, 1.807) is 19.1 Å². The molecule has 0 atom stereocenters. The molecule has 4 nitrogen and oxygen atoms in total. The Morgan fingerprint density at radius 1 is 1.32 bits per heavy atom. The molecule has 1 aromatic heterocycles. The first-order chi connectivity index (χ1) is 9.17. The van der Waals surface area contributed by atoms with Gasteiger partial charge in [-0.3, -0.25) is 0 Å². The molecule has 0 spiro atoms. The first-order valence-corrected chi connectivity index (χ1v) is 6.65. The molecule has 0 saturated carbocycles. The smallest absolute Gasteiger partial charge is 0.335 e. The van der Waals surface area contributed by atoms with Gasteiger partial charge in [-0.1, -0.05) is 19.8 Å². The van der Waals surface area contributed by atoms with Gasteiger partial charge in [-0.15, -0.1) is 0 Å². The third-order valence-electron chi connectivity index (χ3n) is 2.64. The molecule has 0 unspecified atom stereocenters. The number of esters is 1. The molecule has 0 saturated heterocycles. The fourth-order valence-electron chi connectivity index (χ4n) is 1.69. The molecule has 104 valence electrons. The van der Waals surface area contributed by atoms with Crippen LogP contribution in [0.4, 0.5) is 0 Å². The van der Waals surface area contributed by atoms with Crippen molar-refractivity contribution in [1.29, 1.82) is 0 Å². The van der Waals surface area contributed by atoms with Crippen LogP contribution in [0.15, 0.2) is 27.4 Å². The first-order valence-electron chi connectivity index (χ1n) is 6.65. The van der Waals surface area contributed by atoms with Crippen LogP contribution in [0.2, 0.25) is 0 Å². The van der Waals surface area contributed by atoms with Crippen LogP contribution < -0.4 is 5.63 Å². The fraction of sp³-hybridized carbons (Fsp3) is 0.467. The second kappa shape index (κ2) is 8.29. The minimum absolute atomic E-state index is 0.344. The van der Waals surface area contributed by atoms with E-state index in [0.717, 1.165) is 24.8 Å². The van der Waals surface area contributed by atoms with E-state index in [1.807, 2.05) is 0 Å². The Hall–Kier alpha value is -1.84. The lowest BCUT2D eigenvalue weighted by atomic mass is 10.1. The summed E-state index contributed by atoms with van der Waals surface area (Å²) in [5.74, 6) is 0.231. The standard InChI is InChI=1S/C15H20O4/c1-3-5-6-7-13-12(9-11-15(17)19-13)8-10-14(16)18-4-2/h8-11H,3-7H2,1-2H3/b10-8+. The highest BCUT2D eigenvalue weighted by atomic mass is 16.5. The zero-order valence-corrected chi connectivity index (χ0v) is 11.5. The van der Waals surface area contributed by atoms with E-state index in [0.29, 0.717) is 18.8 Å². The monoisotopic (exact) mass is 264 g/mol. The first kappa shape index (κ1) is 15.2. The molecule has 1 rings (SSSR count). The van der Waals surface area contributed by atoms with Crippen molar-refractivity contribution in [2.75, 3.05) is 6.61 Å². The van der Waals surface area contributed by atoms with Gasteiger partial charge < -0.3 is 9.15 Å². The molecule has 19 heavy (non-hydrogen) atoms. The SMILES string of the molecule is CCCCCc1oc(=O)ccc1/C=C/C(=O)OCC. The normalized spacial score (nSPS) is 10.8. The second-order valence-corrected chi connectivity index (χ2v) is 4.18. The predicted octanol–water partition coefficient (Wildman–Crippen LogP) is 2.95. The van der Waals surface area contributed by atoms with Crippen LogP contribution in [-0.2, 0) is 16.0 Å². The minimum atomic E-state index is -0.395. The predicted molar refractivity (Wildman–Crippen MR) is 73.9 cm³/mol. The lowest BCUT2D eigenvalue weighted by Gasteiger charge is -2.03. The number of hydrogen-bond acceptors (Lipinski definition) is 4. The van der Waals surface area contributed by atoms with Crippen molar-refractivity contribution in [1.82, 2.24) is 0 Å². The van der Waals surface area contributed by atoms with Gasteiger partial charge in [0.05, 0.1) is 6.61 Å². The maximum atomic E-state index is 11.3. The van der Waals surface area contributed by atoms with Crippen molar-refractivity contribution in [2.45, 2.75) is 39.5 Å². The molecule has 0 amide bonds. The molecule has 0 aromatic carbocycles. The summed E-state index contributed by atoms with van der Waals surface area (Å²) >= 11 is 0. The molecule has 0 aliphatic rings. The Labute approximate surface area is 113 Å². The lowest BCUT2D eigenvalue weighted by molar-refractivity contribution is -0.137. The summed E-state index contributed by atoms with van der Waals surface area (Å²) in [5, 5.41) is 0. The van der Waals surface area contributed by atoms with Crippen molar-refractivity contribution < 1.29 is 13.9 Å². The molecule has 0 aliphatic heterocycles. The van der Waals surface area contributed by atoms with Gasteiger partial charge in [0.15, 0.2) is 0 Å². The number of rotatable bonds is 7. The number of aryl methyl sites for hydroxylation is 1. The number of carbonyl (C=O) groups excluding carboxylic acids is 1. The summed E-state index contributed by atoms with van der Waals surface area (Å²) in [6.45, 7) is 4.21. The fourth-order valence-corrected chi connectivity index (χ4v) is 1.69. The molecule has 0 fully saturated rings. The molecule has 1 heterocycles. The molecule has 1 aromatic rings. The van der Waals surface area contributed by atoms with E-state index in [1.165, 1.54) is 12.1 Å². The molecular formula is C15H20O4. The van der Waals surface area contributed by atoms with Gasteiger partial charge in [-0.2, -0.15) is 0 Å². The number of carbonyl (C=O) groups is 1. The Kier molecular flexibility index (Phi) is 6.64. The quantitative estimate of drug-likeness (QED) is 0.431. The second-order valence-electron chi connectivity index (χ2n) is 4.18. The summed E-state index contributed by atoms with van der Waals surface area (Å²) in [5.41, 5.74) is 0.392. The van der Waals surface area contributed by atoms with Crippen molar-refractivity contribution in [3.8, 4) is 0 Å². The Balaban J connectivity index is 2.81. The topological polar surface area (TPSA) is 56.5 Å². The summed E-state index contributed by atoms with van der Waals surface area (Å²) < 4.78 is 10.00. The molecule has 0 aliphatic carbocycles. The Morgan fingerprint density at radius 3 is 2.79 bits per heavy atom. The van der Waals surface area contributed by atoms with Gasteiger partial charge >= 0.3 is 11.6 Å². The van der Waals surface area contributed by atoms with Crippen molar-refractivity contribution in [3.63, 3.8) is 0 Å². The van der Waals surface area contributed by atoms with Crippen molar-refractivity contribution in [3.05, 3.63) is 40.0 Å². The molecule has 0 N–H and O–H groups in total. The van der Waals surface area contributed by atoms with Crippen molar-refractivity contribution in [2.24, 2.45) is 0 Å². The van der Waals surface area contributed by atoms with E-state index in [9.17, 15) is 9.59 Å². The van der Waals surface area contributed by atoms with E-state index in [2.05, 4.69) is 6.92 Å². The average Bonchev–Trinajstić information content (AvgIpc) is 2.38. The van der Waals surface area contributed by atoms with Gasteiger partial charge in [-0.05, 0) is 25.5 Å². The summed E-state index contributed by atoms with van der Waals surface area (Å²) in [7, 11) is 0. The van der Waals surface area contributed by atoms with Gasteiger partial charge in [0, 0.05) is 24.1 Å². The number of ether oxygens (including phenoxy) is 1. The van der Waals surface area contributed by atoms with Crippen molar-refractivity contribution >= 4 is 12.0 Å². The Morgan fingerprint density at radius 2 is 2.11 bits per heavy atom. The van der Waals surface area contributed by atoms with Crippen LogP contribution >= 0.6 is 0 Å². The lowest BCUT2D eigenvalue weighted by Crippen LogP contribution is -2.02. The Bertz CT molecular complexity index is 485. The molecule has 0 bridgehead atoms. The molecular weight excluding hydrogens is 244 g/mol. The van der Waals surface area contributed by atoms with Crippen LogP contribution in [0.25, 0.3) is 6.08 Å². The number of unbranched alkanes of at least 4 members (excludes halogenated alkanes) is 2. The average molecular weight is 264 g/mol. The molecule has 0 radical (unpaired) electrons. The van der Waals surface area contributed by atoms with E-state index in [-0.39, 0.29) is 5.63 Å². The van der Waals surface area contributed by atoms with Gasteiger partial charge in [0.1, 0.15) is 5.76 Å². The van der Waals surface area contributed by atoms with Gasteiger partial charge in [-0.25, -0.2) is 9.59 Å². The van der Waals surface area contributed by atoms with Crippen LogP contribution in [0.1, 0.15) is 44.4 Å². The number of hydrogen-bond donors (Lipinski definition) is 0. The third kappa shape index (κ3) is 5.55. The highest BCUT2D eigenvalue weighted by Gasteiger charge is 2.04. The van der Waals surface area contributed by atoms with Gasteiger partial charge in [0.25, 0.3) is 0 Å². The summed E-state index contributed by atoms with van der Waals surface area (Å²) in [6.07, 6.45) is 6.82. The van der Waals surface area contributed by atoms with Crippen LogP contribution in [0.5, 0.6) is 0 Å².